The van der Waals surface area contributed by atoms with Crippen molar-refractivity contribution in [1.29, 1.82) is 0 Å². The summed E-state index contributed by atoms with van der Waals surface area (Å²) in [7, 11) is 0. The third-order valence-electron chi connectivity index (χ3n) is 2.21. The first-order valence-electron chi connectivity index (χ1n) is 5.32. The van der Waals surface area contributed by atoms with Gasteiger partial charge in [0.05, 0.1) is 0 Å². The molecule has 0 bridgehead atoms. The molecule has 0 nitrogen and oxygen atoms in total. The fourth-order valence-corrected chi connectivity index (χ4v) is 1.40. The zero-order valence-corrected chi connectivity index (χ0v) is 12.0. The van der Waals surface area contributed by atoms with E-state index in [1.807, 2.05) is 60.7 Å². The Morgan fingerprint density at radius 2 is 1.35 bits per heavy atom. The molecule has 0 saturated heterocycles. The van der Waals surface area contributed by atoms with Crippen LogP contribution in [0, 0.1) is 6.08 Å². The Balaban J connectivity index is 0.00000144. The molecule has 0 N–H and O–H groups in total. The van der Waals surface area contributed by atoms with Crippen molar-refractivity contribution >= 4 is 6.08 Å². The summed E-state index contributed by atoms with van der Waals surface area (Å²) in [6, 6.07) is 20.3. The zero-order chi connectivity index (χ0) is 11.1. The Bertz CT molecular complexity index is 422. The van der Waals surface area contributed by atoms with Crippen molar-refractivity contribution in [3.8, 4) is 0 Å². The molecule has 17 heavy (non-hydrogen) atoms. The summed E-state index contributed by atoms with van der Waals surface area (Å²) in [6.45, 7) is 0. The average molecular weight is 297 g/mol. The van der Waals surface area contributed by atoms with E-state index in [1.165, 1.54) is 5.56 Å². The SMILES string of the molecule is [C-](=CC=Cc1ccccc1)c1ccccc1.[Zr]. The first kappa shape index (κ1) is 13.9. The molecule has 0 amide bonds. The fourth-order valence-electron chi connectivity index (χ4n) is 1.40. The number of rotatable bonds is 3. The van der Waals surface area contributed by atoms with Gasteiger partial charge in [0.1, 0.15) is 0 Å². The molecule has 0 radical (unpaired) electrons. The Hall–Kier alpha value is -1.20. The molecule has 0 spiro atoms. The Morgan fingerprint density at radius 1 is 0.765 bits per heavy atom. The number of hydrogen-bond acceptors (Lipinski definition) is 0. The van der Waals surface area contributed by atoms with Gasteiger partial charge in [0.25, 0.3) is 0 Å². The Morgan fingerprint density at radius 3 is 2.00 bits per heavy atom. The molecule has 0 aromatic heterocycles. The van der Waals surface area contributed by atoms with Gasteiger partial charge in [-0.15, -0.1) is 48.1 Å². The van der Waals surface area contributed by atoms with E-state index in [4.69, 9.17) is 0 Å². The number of hydrogen-bond donors (Lipinski definition) is 0. The molecule has 0 saturated carbocycles. The van der Waals surface area contributed by atoms with Gasteiger partial charge in [-0.25, -0.2) is 0 Å². The van der Waals surface area contributed by atoms with Gasteiger partial charge >= 0.3 is 0 Å². The van der Waals surface area contributed by atoms with Crippen LogP contribution in [0.2, 0.25) is 0 Å². The van der Waals surface area contributed by atoms with Gasteiger partial charge in [-0.05, 0) is 5.56 Å². The fraction of sp³-hybridized carbons (Fsp3) is 0. The van der Waals surface area contributed by atoms with E-state index < -0.39 is 0 Å². The third-order valence-corrected chi connectivity index (χ3v) is 2.21. The maximum Gasteiger partial charge on any atom is 0 e. The van der Waals surface area contributed by atoms with Crippen molar-refractivity contribution in [3.05, 3.63) is 90.0 Å². The van der Waals surface area contributed by atoms with Crippen molar-refractivity contribution in [1.82, 2.24) is 0 Å². The van der Waals surface area contributed by atoms with E-state index in [0.717, 1.165) is 5.56 Å². The Labute approximate surface area is 122 Å². The van der Waals surface area contributed by atoms with Crippen molar-refractivity contribution in [2.24, 2.45) is 0 Å². The summed E-state index contributed by atoms with van der Waals surface area (Å²) in [5.74, 6) is 0. The molecule has 0 heterocycles. The van der Waals surface area contributed by atoms with Crippen LogP contribution in [0.5, 0.6) is 0 Å². The molecule has 0 atom stereocenters. The van der Waals surface area contributed by atoms with Crippen LogP contribution in [0.25, 0.3) is 6.08 Å². The van der Waals surface area contributed by atoms with Gasteiger partial charge in [0.2, 0.25) is 0 Å². The normalized spacial score (nSPS) is 10.6. The zero-order valence-electron chi connectivity index (χ0n) is 9.51. The van der Waals surface area contributed by atoms with Gasteiger partial charge in [-0.2, -0.15) is 0 Å². The van der Waals surface area contributed by atoms with Gasteiger partial charge in [0, 0.05) is 26.2 Å². The van der Waals surface area contributed by atoms with E-state index in [0.29, 0.717) is 0 Å². The van der Waals surface area contributed by atoms with Crippen LogP contribution in [0.15, 0.2) is 72.8 Å². The summed E-state index contributed by atoms with van der Waals surface area (Å²) in [5.41, 5.74) is 2.30. The van der Waals surface area contributed by atoms with E-state index in [-0.39, 0.29) is 26.2 Å². The summed E-state index contributed by atoms with van der Waals surface area (Å²) in [5, 5.41) is 0. The maximum atomic E-state index is 3.20. The molecule has 0 aliphatic rings. The first-order valence-corrected chi connectivity index (χ1v) is 5.32. The minimum atomic E-state index is 0. The van der Waals surface area contributed by atoms with Crippen LogP contribution < -0.4 is 0 Å². The molecule has 0 fully saturated rings. The molecule has 2 rings (SSSR count). The second-order valence-electron chi connectivity index (χ2n) is 3.45. The molecule has 2 aromatic rings. The quantitative estimate of drug-likeness (QED) is 0.591. The molecule has 82 valence electrons. The predicted octanol–water partition coefficient (Wildman–Crippen LogP) is 4.10. The van der Waals surface area contributed by atoms with Gasteiger partial charge in [-0.1, -0.05) is 42.5 Å². The third kappa shape index (κ3) is 5.10. The first-order chi connectivity index (χ1) is 7.95. The van der Waals surface area contributed by atoms with E-state index in [9.17, 15) is 0 Å². The van der Waals surface area contributed by atoms with Crippen LogP contribution in [0.4, 0.5) is 0 Å². The summed E-state index contributed by atoms with van der Waals surface area (Å²) >= 11 is 0. The molecular formula is C16H13Zr-. The largest absolute Gasteiger partial charge is 0.150 e. The minimum absolute atomic E-state index is 0. The van der Waals surface area contributed by atoms with Gasteiger partial charge in [-0.3, -0.25) is 0 Å². The molecule has 0 aliphatic carbocycles. The van der Waals surface area contributed by atoms with Crippen LogP contribution in [0.1, 0.15) is 11.1 Å². The van der Waals surface area contributed by atoms with Crippen molar-refractivity contribution < 1.29 is 26.2 Å². The van der Waals surface area contributed by atoms with E-state index in [2.05, 4.69) is 24.3 Å². The monoisotopic (exact) mass is 295 g/mol. The summed E-state index contributed by atoms with van der Waals surface area (Å²) in [4.78, 5) is 0. The van der Waals surface area contributed by atoms with Crippen molar-refractivity contribution in [3.63, 3.8) is 0 Å². The minimum Gasteiger partial charge on any atom is -0.150 e. The molecule has 2 aromatic carbocycles. The van der Waals surface area contributed by atoms with E-state index in [1.54, 1.807) is 0 Å². The summed E-state index contributed by atoms with van der Waals surface area (Å²) in [6.07, 6.45) is 9.20. The maximum absolute atomic E-state index is 3.20. The van der Waals surface area contributed by atoms with Crippen molar-refractivity contribution in [2.45, 2.75) is 0 Å². The molecule has 1 heteroatoms. The second-order valence-corrected chi connectivity index (χ2v) is 3.45. The number of allylic oxidation sites excluding steroid dienone is 2. The number of benzene rings is 2. The van der Waals surface area contributed by atoms with Gasteiger partial charge in [0.15, 0.2) is 0 Å². The standard InChI is InChI=1S/C16H13.Zr/c1-3-9-15(10-4-1)13-7-8-14-16-11-5-2-6-12-16;/h1-13H;/q-1;. The van der Waals surface area contributed by atoms with Gasteiger partial charge < -0.3 is 0 Å². The molecule has 0 unspecified atom stereocenters. The van der Waals surface area contributed by atoms with Crippen LogP contribution in [-0.2, 0) is 26.2 Å². The van der Waals surface area contributed by atoms with Crippen LogP contribution in [-0.4, -0.2) is 0 Å². The van der Waals surface area contributed by atoms with Crippen LogP contribution >= 0.6 is 0 Å². The van der Waals surface area contributed by atoms with Crippen LogP contribution in [0.3, 0.4) is 0 Å². The van der Waals surface area contributed by atoms with Crippen molar-refractivity contribution in [2.75, 3.05) is 0 Å². The smallest absolute Gasteiger partial charge is 0 e. The predicted molar refractivity (Wildman–Crippen MR) is 68.8 cm³/mol. The summed E-state index contributed by atoms with van der Waals surface area (Å²) < 4.78 is 0. The second kappa shape index (κ2) is 7.98. The van der Waals surface area contributed by atoms with E-state index >= 15 is 0 Å². The molecule has 0 aliphatic heterocycles. The topological polar surface area (TPSA) is 0 Å². The molecular weight excluding hydrogens is 283 g/mol. The average Bonchev–Trinajstić information content (AvgIpc) is 2.37. The Kier molecular flexibility index (Phi) is 6.51.